The molecular weight excluding hydrogens is 230 g/mol. The van der Waals surface area contributed by atoms with Crippen LogP contribution in [-0.2, 0) is 9.59 Å². The molecule has 1 aliphatic carbocycles. The maximum Gasteiger partial charge on any atom is 0.227 e. The lowest BCUT2D eigenvalue weighted by Gasteiger charge is -2.39. The fourth-order valence-electron chi connectivity index (χ4n) is 2.09. The van der Waals surface area contributed by atoms with Crippen molar-refractivity contribution in [1.29, 1.82) is 0 Å². The number of rotatable bonds is 5. The molecule has 1 fully saturated rings. The molecule has 4 N–H and O–H groups in total. The van der Waals surface area contributed by atoms with Crippen molar-refractivity contribution in [3.8, 4) is 0 Å². The Hall–Kier alpha value is -1.10. The Morgan fingerprint density at radius 3 is 2.28 bits per heavy atom. The van der Waals surface area contributed by atoms with Crippen molar-refractivity contribution in [3.05, 3.63) is 0 Å². The van der Waals surface area contributed by atoms with Crippen LogP contribution in [0.4, 0.5) is 0 Å². The van der Waals surface area contributed by atoms with Gasteiger partial charge in [0.25, 0.3) is 0 Å². The van der Waals surface area contributed by atoms with E-state index in [0.29, 0.717) is 19.5 Å². The van der Waals surface area contributed by atoms with E-state index in [1.807, 2.05) is 20.8 Å². The summed E-state index contributed by atoms with van der Waals surface area (Å²) < 4.78 is 0. The molecule has 0 aromatic rings. The van der Waals surface area contributed by atoms with Crippen molar-refractivity contribution in [2.75, 3.05) is 13.1 Å². The standard InChI is InChI=1S/C13H25N3O2/c1-12(2,3)16-10(17)5-8-15-11(18)13(9-14)6-4-7-13/h4-9,14H2,1-3H3,(H,15,18)(H,16,17). The normalized spacial score (nSPS) is 17.8. The third-order valence-corrected chi connectivity index (χ3v) is 3.34. The molecule has 2 amide bonds. The summed E-state index contributed by atoms with van der Waals surface area (Å²) in [6.45, 7) is 6.57. The van der Waals surface area contributed by atoms with E-state index in [-0.39, 0.29) is 22.8 Å². The average molecular weight is 255 g/mol. The van der Waals surface area contributed by atoms with Gasteiger partial charge in [0.2, 0.25) is 11.8 Å². The Morgan fingerprint density at radius 2 is 1.89 bits per heavy atom. The highest BCUT2D eigenvalue weighted by molar-refractivity contribution is 5.84. The smallest absolute Gasteiger partial charge is 0.227 e. The fourth-order valence-corrected chi connectivity index (χ4v) is 2.09. The molecule has 0 bridgehead atoms. The van der Waals surface area contributed by atoms with Gasteiger partial charge >= 0.3 is 0 Å². The van der Waals surface area contributed by atoms with Gasteiger partial charge in [-0.25, -0.2) is 0 Å². The Balaban J connectivity index is 2.25. The van der Waals surface area contributed by atoms with Crippen LogP contribution in [0.2, 0.25) is 0 Å². The van der Waals surface area contributed by atoms with E-state index in [0.717, 1.165) is 19.3 Å². The van der Waals surface area contributed by atoms with Gasteiger partial charge in [0.15, 0.2) is 0 Å². The number of nitrogens with two attached hydrogens (primary N) is 1. The summed E-state index contributed by atoms with van der Waals surface area (Å²) in [4.78, 5) is 23.5. The molecule has 5 heteroatoms. The molecule has 0 aromatic heterocycles. The summed E-state index contributed by atoms with van der Waals surface area (Å²) >= 11 is 0. The molecule has 1 rings (SSSR count). The van der Waals surface area contributed by atoms with Gasteiger partial charge in [-0.3, -0.25) is 9.59 Å². The topological polar surface area (TPSA) is 84.2 Å². The van der Waals surface area contributed by atoms with E-state index in [2.05, 4.69) is 10.6 Å². The molecule has 1 aliphatic rings. The zero-order chi connectivity index (χ0) is 13.8. The van der Waals surface area contributed by atoms with E-state index >= 15 is 0 Å². The first-order valence-corrected chi connectivity index (χ1v) is 6.58. The number of hydrogen-bond donors (Lipinski definition) is 3. The van der Waals surface area contributed by atoms with E-state index in [4.69, 9.17) is 5.73 Å². The predicted octanol–water partition coefficient (Wildman–Crippen LogP) is 0.536. The Labute approximate surface area is 109 Å². The molecule has 104 valence electrons. The number of carbonyl (C=O) groups is 2. The first-order chi connectivity index (χ1) is 8.29. The minimum absolute atomic E-state index is 0.000177. The Bertz CT molecular complexity index is 311. The van der Waals surface area contributed by atoms with Gasteiger partial charge in [0, 0.05) is 25.0 Å². The highest BCUT2D eigenvalue weighted by Crippen LogP contribution is 2.39. The Morgan fingerprint density at radius 1 is 1.28 bits per heavy atom. The molecule has 0 radical (unpaired) electrons. The van der Waals surface area contributed by atoms with Crippen LogP contribution >= 0.6 is 0 Å². The van der Waals surface area contributed by atoms with Crippen molar-refractivity contribution >= 4 is 11.8 Å². The Kier molecular flexibility index (Phi) is 4.73. The zero-order valence-corrected chi connectivity index (χ0v) is 11.6. The first kappa shape index (κ1) is 15.0. The lowest BCUT2D eigenvalue weighted by Crippen LogP contribution is -2.51. The van der Waals surface area contributed by atoms with Crippen LogP contribution in [0.5, 0.6) is 0 Å². The molecule has 0 aromatic carbocycles. The van der Waals surface area contributed by atoms with Crippen LogP contribution < -0.4 is 16.4 Å². The summed E-state index contributed by atoms with van der Waals surface area (Å²) in [7, 11) is 0. The van der Waals surface area contributed by atoms with Crippen molar-refractivity contribution in [3.63, 3.8) is 0 Å². The molecule has 0 heterocycles. The van der Waals surface area contributed by atoms with Gasteiger partial charge in [-0.2, -0.15) is 0 Å². The van der Waals surface area contributed by atoms with E-state index in [1.165, 1.54) is 0 Å². The largest absolute Gasteiger partial charge is 0.355 e. The van der Waals surface area contributed by atoms with Crippen LogP contribution in [0.3, 0.4) is 0 Å². The van der Waals surface area contributed by atoms with Gasteiger partial charge in [-0.15, -0.1) is 0 Å². The lowest BCUT2D eigenvalue weighted by atomic mass is 9.68. The molecule has 0 spiro atoms. The van der Waals surface area contributed by atoms with E-state index < -0.39 is 0 Å². The van der Waals surface area contributed by atoms with Crippen LogP contribution in [0.25, 0.3) is 0 Å². The molecule has 0 saturated heterocycles. The lowest BCUT2D eigenvalue weighted by molar-refractivity contribution is -0.135. The maximum atomic E-state index is 11.9. The zero-order valence-electron chi connectivity index (χ0n) is 11.6. The van der Waals surface area contributed by atoms with Crippen molar-refractivity contribution in [1.82, 2.24) is 10.6 Å². The molecule has 1 saturated carbocycles. The fraction of sp³-hybridized carbons (Fsp3) is 0.846. The third-order valence-electron chi connectivity index (χ3n) is 3.34. The highest BCUT2D eigenvalue weighted by atomic mass is 16.2. The second-order valence-electron chi connectivity index (χ2n) is 6.14. The molecule has 18 heavy (non-hydrogen) atoms. The summed E-state index contributed by atoms with van der Waals surface area (Å²) in [5.41, 5.74) is 5.06. The second-order valence-corrected chi connectivity index (χ2v) is 6.14. The van der Waals surface area contributed by atoms with E-state index in [1.54, 1.807) is 0 Å². The van der Waals surface area contributed by atoms with Crippen LogP contribution in [0, 0.1) is 5.41 Å². The number of amides is 2. The van der Waals surface area contributed by atoms with Gasteiger partial charge < -0.3 is 16.4 Å². The minimum Gasteiger partial charge on any atom is -0.355 e. The van der Waals surface area contributed by atoms with Gasteiger partial charge in [0.1, 0.15) is 0 Å². The minimum atomic E-state index is -0.361. The van der Waals surface area contributed by atoms with Gasteiger partial charge in [-0.05, 0) is 33.6 Å². The summed E-state index contributed by atoms with van der Waals surface area (Å²) in [5.74, 6) is -0.0435. The summed E-state index contributed by atoms with van der Waals surface area (Å²) in [5, 5.41) is 5.67. The summed E-state index contributed by atoms with van der Waals surface area (Å²) in [6, 6.07) is 0. The number of carbonyl (C=O) groups excluding carboxylic acids is 2. The van der Waals surface area contributed by atoms with Crippen LogP contribution in [0.15, 0.2) is 0 Å². The van der Waals surface area contributed by atoms with Crippen molar-refractivity contribution in [2.24, 2.45) is 11.1 Å². The van der Waals surface area contributed by atoms with Crippen molar-refractivity contribution < 1.29 is 9.59 Å². The monoisotopic (exact) mass is 255 g/mol. The van der Waals surface area contributed by atoms with Gasteiger partial charge in [0.05, 0.1) is 5.41 Å². The third kappa shape index (κ3) is 3.98. The highest BCUT2D eigenvalue weighted by Gasteiger charge is 2.42. The first-order valence-electron chi connectivity index (χ1n) is 6.58. The van der Waals surface area contributed by atoms with Gasteiger partial charge in [-0.1, -0.05) is 6.42 Å². The predicted molar refractivity (Wildman–Crippen MR) is 70.9 cm³/mol. The van der Waals surface area contributed by atoms with Crippen molar-refractivity contribution in [2.45, 2.75) is 52.0 Å². The second kappa shape index (κ2) is 5.69. The quantitative estimate of drug-likeness (QED) is 0.670. The van der Waals surface area contributed by atoms with E-state index in [9.17, 15) is 9.59 Å². The van der Waals surface area contributed by atoms with Crippen LogP contribution in [-0.4, -0.2) is 30.4 Å². The molecule has 0 unspecified atom stereocenters. The number of hydrogen-bond acceptors (Lipinski definition) is 3. The molecule has 5 nitrogen and oxygen atoms in total. The molecular formula is C13H25N3O2. The SMILES string of the molecule is CC(C)(C)NC(=O)CCNC(=O)C1(CN)CCC1. The molecule has 0 aliphatic heterocycles. The summed E-state index contributed by atoms with van der Waals surface area (Å²) in [6.07, 6.45) is 3.10. The average Bonchev–Trinajstić information content (AvgIpc) is 2.13. The van der Waals surface area contributed by atoms with Crippen LogP contribution in [0.1, 0.15) is 46.5 Å². The maximum absolute atomic E-state index is 11.9. The molecule has 0 atom stereocenters. The number of nitrogens with one attached hydrogen (secondary N) is 2.